The van der Waals surface area contributed by atoms with E-state index >= 15 is 0 Å². The van der Waals surface area contributed by atoms with Crippen molar-refractivity contribution in [3.8, 4) is 0 Å². The first-order valence-corrected chi connectivity index (χ1v) is 6.98. The van der Waals surface area contributed by atoms with Gasteiger partial charge in [0.2, 0.25) is 0 Å². The van der Waals surface area contributed by atoms with Crippen molar-refractivity contribution in [2.45, 2.75) is 32.8 Å². The maximum absolute atomic E-state index is 12.2. The predicted octanol–water partition coefficient (Wildman–Crippen LogP) is 3.39. The second kappa shape index (κ2) is 9.45. The molecule has 0 radical (unpaired) electrons. The smallest absolute Gasteiger partial charge is 0.184 e. The molecule has 0 saturated carbocycles. The summed E-state index contributed by atoms with van der Waals surface area (Å²) in [6.45, 7) is 4.37. The number of carbonyl (C=O) groups excluding carboxylic acids is 1. The summed E-state index contributed by atoms with van der Waals surface area (Å²) in [5, 5.41) is 0. The third-order valence-corrected chi connectivity index (χ3v) is 2.86. The molecule has 0 bridgehead atoms. The van der Waals surface area contributed by atoms with Gasteiger partial charge in [0.15, 0.2) is 5.78 Å². The van der Waals surface area contributed by atoms with Crippen LogP contribution in [-0.4, -0.2) is 25.8 Å². The highest BCUT2D eigenvalue weighted by molar-refractivity contribution is 5.93. The third-order valence-electron chi connectivity index (χ3n) is 2.86. The van der Waals surface area contributed by atoms with E-state index in [1.54, 1.807) is 13.2 Å². The molecule has 0 aromatic heterocycles. The lowest BCUT2D eigenvalue weighted by Crippen LogP contribution is -2.26. The van der Waals surface area contributed by atoms with Gasteiger partial charge in [0, 0.05) is 13.5 Å². The summed E-state index contributed by atoms with van der Waals surface area (Å²) >= 11 is 0. The van der Waals surface area contributed by atoms with Crippen LogP contribution in [0.2, 0.25) is 0 Å². The number of ether oxygens (including phenoxy) is 2. The van der Waals surface area contributed by atoms with Crippen LogP contribution in [-0.2, 0) is 20.7 Å². The van der Waals surface area contributed by atoms with Crippen LogP contribution in [0.1, 0.15) is 25.8 Å². The Balaban J connectivity index is 2.63. The molecule has 0 saturated heterocycles. The molecule has 1 atom stereocenters. The molecule has 1 aromatic rings. The zero-order valence-electron chi connectivity index (χ0n) is 12.5. The van der Waals surface area contributed by atoms with Crippen LogP contribution in [0.3, 0.4) is 0 Å². The van der Waals surface area contributed by atoms with Gasteiger partial charge in [0.25, 0.3) is 0 Å². The van der Waals surface area contributed by atoms with Crippen LogP contribution in [0.25, 0.3) is 0 Å². The number of ketones is 1. The Kier molecular flexibility index (Phi) is 7.85. The first kappa shape index (κ1) is 16.6. The van der Waals surface area contributed by atoms with Crippen LogP contribution in [0.15, 0.2) is 42.5 Å². The zero-order chi connectivity index (χ0) is 14.8. The summed E-state index contributed by atoms with van der Waals surface area (Å²) < 4.78 is 10.4. The Morgan fingerprint density at radius 2 is 1.95 bits per heavy atom. The van der Waals surface area contributed by atoms with Crippen molar-refractivity contribution >= 4 is 5.78 Å². The van der Waals surface area contributed by atoms with E-state index in [4.69, 9.17) is 9.47 Å². The number of allylic oxidation sites excluding steroid dienone is 1. The topological polar surface area (TPSA) is 35.5 Å². The molecular weight excluding hydrogens is 252 g/mol. The number of carbonyl (C=O) groups is 1. The van der Waals surface area contributed by atoms with E-state index in [2.05, 4.69) is 13.8 Å². The summed E-state index contributed by atoms with van der Waals surface area (Å²) in [7, 11) is 1.55. The summed E-state index contributed by atoms with van der Waals surface area (Å²) in [6, 6.07) is 9.87. The van der Waals surface area contributed by atoms with E-state index in [0.717, 1.165) is 12.0 Å². The van der Waals surface area contributed by atoms with Crippen molar-refractivity contribution in [2.24, 2.45) is 5.92 Å². The van der Waals surface area contributed by atoms with E-state index in [1.165, 1.54) is 0 Å². The Morgan fingerprint density at radius 1 is 1.25 bits per heavy atom. The summed E-state index contributed by atoms with van der Waals surface area (Å²) in [5.41, 5.74) is 1.08. The largest absolute Gasteiger partial charge is 0.359 e. The van der Waals surface area contributed by atoms with Gasteiger partial charge < -0.3 is 9.47 Å². The minimum atomic E-state index is -0.485. The Morgan fingerprint density at radius 3 is 2.55 bits per heavy atom. The highest BCUT2D eigenvalue weighted by Crippen LogP contribution is 2.09. The first-order chi connectivity index (χ1) is 9.63. The Hall–Kier alpha value is -1.45. The molecule has 0 aliphatic heterocycles. The monoisotopic (exact) mass is 276 g/mol. The number of hydrogen-bond acceptors (Lipinski definition) is 3. The third kappa shape index (κ3) is 6.64. The zero-order valence-corrected chi connectivity index (χ0v) is 12.5. The molecule has 1 rings (SSSR count). The highest BCUT2D eigenvalue weighted by Gasteiger charge is 2.17. The predicted molar refractivity (Wildman–Crippen MR) is 80.5 cm³/mol. The number of hydrogen-bond donors (Lipinski definition) is 0. The van der Waals surface area contributed by atoms with Crippen molar-refractivity contribution in [1.29, 1.82) is 0 Å². The van der Waals surface area contributed by atoms with Gasteiger partial charge in [-0.25, -0.2) is 0 Å². The Bertz CT molecular complexity index is 410. The molecule has 0 unspecified atom stereocenters. The second-order valence-corrected chi connectivity index (χ2v) is 5.19. The van der Waals surface area contributed by atoms with Gasteiger partial charge in [-0.2, -0.15) is 0 Å². The van der Waals surface area contributed by atoms with Gasteiger partial charge in [-0.15, -0.1) is 0 Å². The molecule has 20 heavy (non-hydrogen) atoms. The van der Waals surface area contributed by atoms with Gasteiger partial charge in [0.1, 0.15) is 12.9 Å². The Labute approximate surface area is 121 Å². The minimum Gasteiger partial charge on any atom is -0.359 e. The van der Waals surface area contributed by atoms with Gasteiger partial charge in [-0.1, -0.05) is 50.3 Å². The quantitative estimate of drug-likeness (QED) is 0.512. The standard InChI is InChI=1S/C17H24O3/c1-14(2)8-7-11-16(18)17(20-13-19-3)12-15-9-5-4-6-10-15/h4-7,9-11,14,17H,8,12-13H2,1-3H3/b11-7+/t17-/m0/s1. The summed E-state index contributed by atoms with van der Waals surface area (Å²) in [5.74, 6) is 0.540. The number of benzene rings is 1. The van der Waals surface area contributed by atoms with Crippen molar-refractivity contribution < 1.29 is 14.3 Å². The average molecular weight is 276 g/mol. The van der Waals surface area contributed by atoms with Crippen LogP contribution < -0.4 is 0 Å². The first-order valence-electron chi connectivity index (χ1n) is 6.98. The number of methoxy groups -OCH3 is 1. The molecule has 0 heterocycles. The van der Waals surface area contributed by atoms with Crippen molar-refractivity contribution in [3.05, 3.63) is 48.0 Å². The van der Waals surface area contributed by atoms with Crippen LogP contribution in [0.4, 0.5) is 0 Å². The van der Waals surface area contributed by atoms with Crippen LogP contribution in [0.5, 0.6) is 0 Å². The van der Waals surface area contributed by atoms with Crippen molar-refractivity contribution in [3.63, 3.8) is 0 Å². The molecule has 0 fully saturated rings. The van der Waals surface area contributed by atoms with Gasteiger partial charge in [-0.05, 0) is 24.0 Å². The average Bonchev–Trinajstić information content (AvgIpc) is 2.44. The van der Waals surface area contributed by atoms with E-state index in [9.17, 15) is 4.79 Å². The van der Waals surface area contributed by atoms with Crippen LogP contribution in [0, 0.1) is 5.92 Å². The van der Waals surface area contributed by atoms with E-state index in [-0.39, 0.29) is 12.6 Å². The summed E-state index contributed by atoms with van der Waals surface area (Å²) in [4.78, 5) is 12.2. The van der Waals surface area contributed by atoms with Gasteiger partial charge in [-0.3, -0.25) is 4.79 Å². The molecule has 0 amide bonds. The molecule has 1 aromatic carbocycles. The SMILES string of the molecule is COCO[C@@H](Cc1ccccc1)C(=O)/C=C/CC(C)C. The van der Waals surface area contributed by atoms with E-state index < -0.39 is 6.10 Å². The minimum absolute atomic E-state index is 0.00782. The molecule has 3 heteroatoms. The van der Waals surface area contributed by atoms with Gasteiger partial charge >= 0.3 is 0 Å². The fourth-order valence-corrected chi connectivity index (χ4v) is 1.78. The lowest BCUT2D eigenvalue weighted by Gasteiger charge is -2.14. The van der Waals surface area contributed by atoms with E-state index in [0.29, 0.717) is 12.3 Å². The number of rotatable bonds is 9. The highest BCUT2D eigenvalue weighted by atomic mass is 16.7. The molecule has 110 valence electrons. The molecule has 0 aliphatic rings. The van der Waals surface area contributed by atoms with Crippen molar-refractivity contribution in [2.75, 3.05) is 13.9 Å². The normalized spacial score (nSPS) is 13.0. The summed E-state index contributed by atoms with van der Waals surface area (Å²) in [6.07, 6.45) is 4.52. The van der Waals surface area contributed by atoms with E-state index in [1.807, 2.05) is 36.4 Å². The molecule has 0 N–H and O–H groups in total. The molecule has 3 nitrogen and oxygen atoms in total. The molecule has 0 spiro atoms. The fraction of sp³-hybridized carbons (Fsp3) is 0.471. The second-order valence-electron chi connectivity index (χ2n) is 5.19. The fourth-order valence-electron chi connectivity index (χ4n) is 1.78. The molecule has 0 aliphatic carbocycles. The van der Waals surface area contributed by atoms with Gasteiger partial charge in [0.05, 0.1) is 0 Å². The van der Waals surface area contributed by atoms with Crippen molar-refractivity contribution in [1.82, 2.24) is 0 Å². The lowest BCUT2D eigenvalue weighted by atomic mass is 10.0. The lowest BCUT2D eigenvalue weighted by molar-refractivity contribution is -0.134. The maximum atomic E-state index is 12.2. The van der Waals surface area contributed by atoms with Crippen LogP contribution >= 0.6 is 0 Å². The maximum Gasteiger partial charge on any atom is 0.184 e. The molecular formula is C17H24O3.